The average molecular weight is 423 g/mol. The van der Waals surface area contributed by atoms with Gasteiger partial charge in [0.2, 0.25) is 0 Å². The lowest BCUT2D eigenvalue weighted by Gasteiger charge is -2.08. The van der Waals surface area contributed by atoms with Crippen LogP contribution in [0.4, 0.5) is 0 Å². The molecule has 6 heteroatoms. The zero-order valence-electron chi connectivity index (χ0n) is 16.3. The van der Waals surface area contributed by atoms with Gasteiger partial charge in [0.05, 0.1) is 12.0 Å². The molecule has 0 aliphatic carbocycles. The highest BCUT2D eigenvalue weighted by Crippen LogP contribution is 2.33. The number of aromatic amines is 1. The van der Waals surface area contributed by atoms with E-state index in [1.165, 1.54) is 11.3 Å². The summed E-state index contributed by atoms with van der Waals surface area (Å²) in [5.74, 6) is 2.06. The normalized spacial score (nSPS) is 11.7. The highest BCUT2D eigenvalue weighted by Gasteiger charge is 2.12. The summed E-state index contributed by atoms with van der Waals surface area (Å²) in [6.07, 6.45) is 4.82. The van der Waals surface area contributed by atoms with Crippen LogP contribution in [-0.4, -0.2) is 16.6 Å². The number of hydrogen-bond donors (Lipinski definition) is 1. The van der Waals surface area contributed by atoms with E-state index in [1.54, 1.807) is 11.3 Å². The lowest BCUT2D eigenvalue weighted by Crippen LogP contribution is -2.08. The van der Waals surface area contributed by atoms with Gasteiger partial charge in [0.25, 0.3) is 5.56 Å². The number of hydrogen-bond acceptors (Lipinski definition) is 5. The van der Waals surface area contributed by atoms with Crippen molar-refractivity contribution in [2.24, 2.45) is 5.92 Å². The van der Waals surface area contributed by atoms with Gasteiger partial charge in [0.15, 0.2) is 0 Å². The van der Waals surface area contributed by atoms with E-state index in [0.717, 1.165) is 39.6 Å². The van der Waals surface area contributed by atoms with Gasteiger partial charge in [-0.25, -0.2) is 4.98 Å². The summed E-state index contributed by atoms with van der Waals surface area (Å²) in [7, 11) is 0. The van der Waals surface area contributed by atoms with E-state index in [2.05, 4.69) is 23.8 Å². The molecular formula is C23H22N2O2S2. The van der Waals surface area contributed by atoms with E-state index >= 15 is 0 Å². The number of ether oxygens (including phenoxy) is 1. The molecule has 0 saturated carbocycles. The Kier molecular flexibility index (Phi) is 5.92. The smallest absolute Gasteiger partial charge is 0.260 e. The third-order valence-corrected chi connectivity index (χ3v) is 6.30. The number of nitrogens with zero attached hydrogens (tertiary/aromatic N) is 1. The van der Waals surface area contributed by atoms with Crippen molar-refractivity contribution in [3.05, 3.63) is 68.9 Å². The molecule has 0 fully saturated rings. The molecule has 0 bridgehead atoms. The topological polar surface area (TPSA) is 55.0 Å². The van der Waals surface area contributed by atoms with E-state index < -0.39 is 0 Å². The Morgan fingerprint density at radius 2 is 1.97 bits per heavy atom. The maximum absolute atomic E-state index is 12.6. The van der Waals surface area contributed by atoms with Gasteiger partial charge >= 0.3 is 0 Å². The maximum Gasteiger partial charge on any atom is 0.260 e. The summed E-state index contributed by atoms with van der Waals surface area (Å²) in [4.78, 5) is 22.0. The minimum absolute atomic E-state index is 0.104. The average Bonchev–Trinajstić information content (AvgIpc) is 3.37. The van der Waals surface area contributed by atoms with Crippen LogP contribution in [-0.2, 0) is 0 Å². The third kappa shape index (κ3) is 4.66. The summed E-state index contributed by atoms with van der Waals surface area (Å²) in [5, 5.41) is 4.68. The van der Waals surface area contributed by atoms with E-state index in [4.69, 9.17) is 4.74 Å². The van der Waals surface area contributed by atoms with Crippen molar-refractivity contribution in [2.75, 3.05) is 6.61 Å². The predicted octanol–water partition coefficient (Wildman–Crippen LogP) is 6.31. The Morgan fingerprint density at radius 1 is 1.14 bits per heavy atom. The summed E-state index contributed by atoms with van der Waals surface area (Å²) in [6, 6.07) is 11.9. The van der Waals surface area contributed by atoms with E-state index in [1.807, 2.05) is 59.3 Å². The molecule has 29 heavy (non-hydrogen) atoms. The molecule has 3 heterocycles. The van der Waals surface area contributed by atoms with Crippen LogP contribution in [0.5, 0.6) is 5.75 Å². The van der Waals surface area contributed by atoms with Gasteiger partial charge in [-0.05, 0) is 47.6 Å². The van der Waals surface area contributed by atoms with Crippen LogP contribution >= 0.6 is 22.7 Å². The van der Waals surface area contributed by atoms with Crippen molar-refractivity contribution in [1.82, 2.24) is 9.97 Å². The van der Waals surface area contributed by atoms with Crippen LogP contribution in [0.2, 0.25) is 0 Å². The van der Waals surface area contributed by atoms with Gasteiger partial charge in [0, 0.05) is 15.8 Å². The van der Waals surface area contributed by atoms with Crippen molar-refractivity contribution < 1.29 is 4.74 Å². The molecule has 0 unspecified atom stereocenters. The molecule has 148 valence electrons. The fraction of sp³-hybridized carbons (Fsp3) is 0.217. The Labute approximate surface area is 177 Å². The molecule has 0 aliphatic rings. The van der Waals surface area contributed by atoms with Gasteiger partial charge < -0.3 is 9.72 Å². The fourth-order valence-corrected chi connectivity index (χ4v) is 4.69. The molecule has 1 aromatic carbocycles. The van der Waals surface area contributed by atoms with E-state index in [0.29, 0.717) is 17.1 Å². The molecule has 0 amide bonds. The second kappa shape index (κ2) is 8.76. The molecule has 0 saturated heterocycles. The molecule has 0 radical (unpaired) electrons. The Balaban J connectivity index is 1.51. The summed E-state index contributed by atoms with van der Waals surface area (Å²) < 4.78 is 5.75. The first kappa shape index (κ1) is 19.6. The molecule has 4 aromatic rings. The first-order valence-corrected chi connectivity index (χ1v) is 11.3. The van der Waals surface area contributed by atoms with Gasteiger partial charge in [-0.2, -0.15) is 0 Å². The first-order valence-electron chi connectivity index (χ1n) is 9.56. The Morgan fingerprint density at radius 3 is 2.69 bits per heavy atom. The third-order valence-electron chi connectivity index (χ3n) is 4.53. The number of rotatable bonds is 7. The molecule has 4 nitrogen and oxygen atoms in total. The number of aromatic nitrogens is 2. The Bertz CT molecular complexity index is 1170. The Hall–Kier alpha value is -2.70. The molecule has 1 N–H and O–H groups in total. The zero-order valence-corrected chi connectivity index (χ0v) is 18.0. The number of H-pyrrole nitrogens is 1. The number of thiophene rings is 2. The van der Waals surface area contributed by atoms with Gasteiger partial charge in [-0.3, -0.25) is 4.79 Å². The van der Waals surface area contributed by atoms with Gasteiger partial charge in [-0.15, -0.1) is 22.7 Å². The zero-order chi connectivity index (χ0) is 20.2. The van der Waals surface area contributed by atoms with Crippen molar-refractivity contribution in [3.8, 4) is 16.2 Å². The number of benzene rings is 1. The lowest BCUT2D eigenvalue weighted by molar-refractivity contribution is 0.289. The summed E-state index contributed by atoms with van der Waals surface area (Å²) >= 11 is 3.12. The molecule has 0 atom stereocenters. The molecule has 3 aromatic heterocycles. The van der Waals surface area contributed by atoms with Crippen LogP contribution < -0.4 is 10.3 Å². The number of nitrogens with one attached hydrogen (secondary N) is 1. The quantitative estimate of drug-likeness (QED) is 0.380. The minimum atomic E-state index is -0.104. The number of fused-ring (bicyclic) bond motifs is 1. The van der Waals surface area contributed by atoms with Crippen LogP contribution in [0.3, 0.4) is 0 Å². The molecule has 0 spiro atoms. The van der Waals surface area contributed by atoms with E-state index in [-0.39, 0.29) is 5.56 Å². The monoisotopic (exact) mass is 422 g/mol. The van der Waals surface area contributed by atoms with Crippen molar-refractivity contribution >= 4 is 45.0 Å². The van der Waals surface area contributed by atoms with Crippen molar-refractivity contribution in [2.45, 2.75) is 20.3 Å². The van der Waals surface area contributed by atoms with Crippen LogP contribution in [0, 0.1) is 5.92 Å². The SMILES string of the molecule is CC(C)CCOc1ccc(C=Cc2nc3scc(-c4cccs4)c3c(=O)[nH]2)cc1. The van der Waals surface area contributed by atoms with Crippen LogP contribution in [0.1, 0.15) is 31.7 Å². The molecular weight excluding hydrogens is 400 g/mol. The fourth-order valence-electron chi connectivity index (χ4n) is 2.92. The minimum Gasteiger partial charge on any atom is -0.494 e. The van der Waals surface area contributed by atoms with Crippen LogP contribution in [0.15, 0.2) is 52.0 Å². The second-order valence-corrected chi connectivity index (χ2v) is 9.00. The first-order chi connectivity index (χ1) is 14.1. The molecule has 0 aliphatic heterocycles. The maximum atomic E-state index is 12.6. The van der Waals surface area contributed by atoms with Gasteiger partial charge in [-0.1, -0.05) is 38.1 Å². The second-order valence-electron chi connectivity index (χ2n) is 7.19. The molecule has 4 rings (SSSR count). The highest BCUT2D eigenvalue weighted by molar-refractivity contribution is 7.18. The van der Waals surface area contributed by atoms with E-state index in [9.17, 15) is 4.79 Å². The highest BCUT2D eigenvalue weighted by atomic mass is 32.1. The predicted molar refractivity (Wildman–Crippen MR) is 124 cm³/mol. The van der Waals surface area contributed by atoms with Crippen molar-refractivity contribution in [3.63, 3.8) is 0 Å². The lowest BCUT2D eigenvalue weighted by atomic mass is 10.1. The van der Waals surface area contributed by atoms with Crippen LogP contribution in [0.25, 0.3) is 32.8 Å². The van der Waals surface area contributed by atoms with Gasteiger partial charge in [0.1, 0.15) is 16.4 Å². The summed E-state index contributed by atoms with van der Waals surface area (Å²) in [6.45, 7) is 5.10. The largest absolute Gasteiger partial charge is 0.494 e. The summed E-state index contributed by atoms with van der Waals surface area (Å²) in [5.41, 5.74) is 1.87. The van der Waals surface area contributed by atoms with Crippen molar-refractivity contribution in [1.29, 1.82) is 0 Å². The standard InChI is InChI=1S/C23H22N2O2S2/c1-15(2)11-12-27-17-8-5-16(6-9-17)7-10-20-24-22(26)21-18(14-29-23(21)25-20)19-4-3-13-28-19/h3-10,13-15H,11-12H2,1-2H3,(H,24,25,26).